The Hall–Kier alpha value is -2.37. The average molecular weight is 317 g/mol. The lowest BCUT2D eigenvalue weighted by Crippen LogP contribution is -2.42. The van der Waals surface area contributed by atoms with Crippen LogP contribution in [-0.4, -0.2) is 48.8 Å². The van der Waals surface area contributed by atoms with Gasteiger partial charge in [0.1, 0.15) is 6.54 Å². The number of amides is 3. The molecule has 1 fully saturated rings. The molecule has 1 heterocycles. The molecule has 1 aliphatic heterocycles. The number of nitrogens with one attached hydrogen (secondary N) is 1. The molecule has 1 aromatic rings. The van der Waals surface area contributed by atoms with E-state index in [1.54, 1.807) is 0 Å². The predicted molar refractivity (Wildman–Crippen MR) is 88.0 cm³/mol. The van der Waals surface area contributed by atoms with Crippen LogP contribution in [0.1, 0.15) is 25.3 Å². The van der Waals surface area contributed by atoms with E-state index in [4.69, 9.17) is 0 Å². The van der Waals surface area contributed by atoms with Gasteiger partial charge < -0.3 is 10.2 Å². The first-order valence-corrected chi connectivity index (χ1v) is 7.92. The summed E-state index contributed by atoms with van der Waals surface area (Å²) in [6, 6.07) is 8.20. The standard InChI is InChI=1S/C17H23N3O3/c1-3-19(14-6-4-5-13(2)11-14)10-9-18-15(21)12-20-16(22)7-8-17(20)23/h4-6,11H,3,7-10,12H2,1-2H3,(H,18,21). The summed E-state index contributed by atoms with van der Waals surface area (Å²) in [5.74, 6) is -0.825. The zero-order valence-electron chi connectivity index (χ0n) is 13.7. The van der Waals surface area contributed by atoms with Crippen LogP contribution < -0.4 is 10.2 Å². The van der Waals surface area contributed by atoms with Gasteiger partial charge in [0, 0.05) is 38.2 Å². The van der Waals surface area contributed by atoms with E-state index in [0.29, 0.717) is 13.1 Å². The number of nitrogens with zero attached hydrogens (tertiary/aromatic N) is 2. The number of rotatable bonds is 7. The fourth-order valence-corrected chi connectivity index (χ4v) is 2.62. The van der Waals surface area contributed by atoms with Crippen molar-refractivity contribution in [3.63, 3.8) is 0 Å². The Kier molecular flexibility index (Phi) is 5.73. The molecule has 23 heavy (non-hydrogen) atoms. The molecule has 0 spiro atoms. The summed E-state index contributed by atoms with van der Waals surface area (Å²) in [5, 5.41) is 2.77. The molecule has 6 nitrogen and oxygen atoms in total. The van der Waals surface area contributed by atoms with E-state index < -0.39 is 0 Å². The maximum Gasteiger partial charge on any atom is 0.240 e. The molecule has 3 amide bonds. The van der Waals surface area contributed by atoms with Crippen molar-refractivity contribution in [2.24, 2.45) is 0 Å². The van der Waals surface area contributed by atoms with Gasteiger partial charge in [-0.1, -0.05) is 12.1 Å². The predicted octanol–water partition coefficient (Wildman–Crippen LogP) is 1.09. The van der Waals surface area contributed by atoms with Crippen LogP contribution in [0.25, 0.3) is 0 Å². The van der Waals surface area contributed by atoms with E-state index in [1.165, 1.54) is 5.56 Å². The number of likely N-dealkylation sites (tertiary alicyclic amines) is 1. The van der Waals surface area contributed by atoms with E-state index in [0.717, 1.165) is 17.1 Å². The third-order valence-electron chi connectivity index (χ3n) is 3.91. The second-order valence-electron chi connectivity index (χ2n) is 5.64. The maximum atomic E-state index is 11.9. The Bertz CT molecular complexity index is 585. The topological polar surface area (TPSA) is 69.7 Å². The highest BCUT2D eigenvalue weighted by Gasteiger charge is 2.30. The van der Waals surface area contributed by atoms with Crippen molar-refractivity contribution < 1.29 is 14.4 Å². The van der Waals surface area contributed by atoms with Crippen LogP contribution in [0.15, 0.2) is 24.3 Å². The first-order chi connectivity index (χ1) is 11.0. The highest BCUT2D eigenvalue weighted by molar-refractivity contribution is 6.04. The average Bonchev–Trinajstić information content (AvgIpc) is 2.83. The van der Waals surface area contributed by atoms with Gasteiger partial charge in [0.15, 0.2) is 0 Å². The van der Waals surface area contributed by atoms with Gasteiger partial charge in [0.2, 0.25) is 17.7 Å². The van der Waals surface area contributed by atoms with E-state index >= 15 is 0 Å². The second-order valence-corrected chi connectivity index (χ2v) is 5.64. The summed E-state index contributed by atoms with van der Waals surface area (Å²) < 4.78 is 0. The number of benzene rings is 1. The van der Waals surface area contributed by atoms with Crippen molar-refractivity contribution >= 4 is 23.4 Å². The number of carbonyl (C=O) groups is 3. The molecule has 1 N–H and O–H groups in total. The first-order valence-electron chi connectivity index (χ1n) is 7.92. The van der Waals surface area contributed by atoms with Crippen LogP contribution in [-0.2, 0) is 14.4 Å². The third kappa shape index (κ3) is 4.55. The van der Waals surface area contributed by atoms with Gasteiger partial charge in [-0.15, -0.1) is 0 Å². The molecule has 124 valence electrons. The van der Waals surface area contributed by atoms with Crippen LogP contribution in [0.3, 0.4) is 0 Å². The number of likely N-dealkylation sites (N-methyl/N-ethyl adjacent to an activating group) is 1. The molecule has 0 aromatic heterocycles. The maximum absolute atomic E-state index is 11.9. The fourth-order valence-electron chi connectivity index (χ4n) is 2.62. The Morgan fingerprint density at radius 2 is 1.96 bits per heavy atom. The second kappa shape index (κ2) is 7.76. The molecule has 0 bridgehead atoms. The minimum absolute atomic E-state index is 0.172. The monoisotopic (exact) mass is 317 g/mol. The van der Waals surface area contributed by atoms with Crippen molar-refractivity contribution in [2.45, 2.75) is 26.7 Å². The SMILES string of the molecule is CCN(CCNC(=O)CN1C(=O)CCC1=O)c1cccc(C)c1. The largest absolute Gasteiger partial charge is 0.370 e. The van der Waals surface area contributed by atoms with E-state index in [9.17, 15) is 14.4 Å². The van der Waals surface area contributed by atoms with Crippen LogP contribution in [0, 0.1) is 6.92 Å². The first kappa shape index (κ1) is 17.0. The molecule has 1 aromatic carbocycles. The minimum atomic E-state index is -0.297. The quantitative estimate of drug-likeness (QED) is 0.764. The van der Waals surface area contributed by atoms with Crippen molar-refractivity contribution in [3.8, 4) is 0 Å². The summed E-state index contributed by atoms with van der Waals surface area (Å²) in [7, 11) is 0. The third-order valence-corrected chi connectivity index (χ3v) is 3.91. The van der Waals surface area contributed by atoms with Crippen molar-refractivity contribution in [1.82, 2.24) is 10.2 Å². The van der Waals surface area contributed by atoms with Crippen molar-refractivity contribution in [2.75, 3.05) is 31.1 Å². The van der Waals surface area contributed by atoms with E-state index in [1.807, 2.05) is 25.1 Å². The van der Waals surface area contributed by atoms with Gasteiger partial charge in [-0.3, -0.25) is 19.3 Å². The van der Waals surface area contributed by atoms with Gasteiger partial charge in [0.05, 0.1) is 0 Å². The molecule has 0 saturated carbocycles. The molecular formula is C17H23N3O3. The van der Waals surface area contributed by atoms with Gasteiger partial charge in [-0.25, -0.2) is 0 Å². The Morgan fingerprint density at radius 1 is 1.26 bits per heavy atom. The summed E-state index contributed by atoms with van der Waals surface area (Å²) >= 11 is 0. The number of carbonyl (C=O) groups excluding carboxylic acids is 3. The van der Waals surface area contributed by atoms with Crippen molar-refractivity contribution in [3.05, 3.63) is 29.8 Å². The number of hydrogen-bond acceptors (Lipinski definition) is 4. The van der Waals surface area contributed by atoms with Crippen LogP contribution in [0.2, 0.25) is 0 Å². The fraction of sp³-hybridized carbons (Fsp3) is 0.471. The minimum Gasteiger partial charge on any atom is -0.370 e. The van der Waals surface area contributed by atoms with Gasteiger partial charge >= 0.3 is 0 Å². The molecule has 1 saturated heterocycles. The lowest BCUT2D eigenvalue weighted by atomic mass is 10.2. The number of aryl methyl sites for hydroxylation is 1. The number of imide groups is 1. The molecule has 0 aliphatic carbocycles. The molecule has 0 atom stereocenters. The summed E-state index contributed by atoms with van der Waals surface area (Å²) in [5.41, 5.74) is 2.31. The zero-order valence-corrected chi connectivity index (χ0v) is 13.7. The van der Waals surface area contributed by atoms with Gasteiger partial charge in [-0.05, 0) is 31.5 Å². The molecule has 6 heteroatoms. The molecule has 0 radical (unpaired) electrons. The molecule has 0 unspecified atom stereocenters. The molecule has 2 rings (SSSR count). The number of hydrogen-bond donors (Lipinski definition) is 1. The van der Waals surface area contributed by atoms with Crippen LogP contribution in [0.5, 0.6) is 0 Å². The zero-order chi connectivity index (χ0) is 16.8. The molecular weight excluding hydrogens is 294 g/mol. The van der Waals surface area contributed by atoms with E-state index in [2.05, 4.69) is 23.2 Å². The lowest BCUT2D eigenvalue weighted by Gasteiger charge is -2.24. The molecule has 1 aliphatic rings. The van der Waals surface area contributed by atoms with E-state index in [-0.39, 0.29) is 37.1 Å². The van der Waals surface area contributed by atoms with Gasteiger partial charge in [-0.2, -0.15) is 0 Å². The van der Waals surface area contributed by atoms with Crippen LogP contribution >= 0.6 is 0 Å². The summed E-state index contributed by atoms with van der Waals surface area (Å²) in [4.78, 5) is 38.0. The smallest absolute Gasteiger partial charge is 0.240 e. The Labute approximate surface area is 136 Å². The number of anilines is 1. The van der Waals surface area contributed by atoms with Crippen molar-refractivity contribution in [1.29, 1.82) is 0 Å². The Morgan fingerprint density at radius 3 is 2.57 bits per heavy atom. The lowest BCUT2D eigenvalue weighted by molar-refractivity contribution is -0.142. The normalized spacial score (nSPS) is 14.3. The highest BCUT2D eigenvalue weighted by Crippen LogP contribution is 2.15. The van der Waals surface area contributed by atoms with Crippen LogP contribution in [0.4, 0.5) is 5.69 Å². The summed E-state index contributed by atoms with van der Waals surface area (Å²) in [6.45, 7) is 5.91. The summed E-state index contributed by atoms with van der Waals surface area (Å²) in [6.07, 6.45) is 0.423. The Balaban J connectivity index is 1.80. The van der Waals surface area contributed by atoms with Gasteiger partial charge in [0.25, 0.3) is 0 Å². The highest BCUT2D eigenvalue weighted by atomic mass is 16.2.